The highest BCUT2D eigenvalue weighted by molar-refractivity contribution is 7.80. The molecule has 0 saturated heterocycles. The molecule has 2 nitrogen and oxygen atoms in total. The van der Waals surface area contributed by atoms with Gasteiger partial charge in [-0.2, -0.15) is 0 Å². The molecule has 0 N–H and O–H groups in total. The summed E-state index contributed by atoms with van der Waals surface area (Å²) in [6.07, 6.45) is 3.61. The van der Waals surface area contributed by atoms with Gasteiger partial charge in [0.25, 0.3) is 0 Å². The largest absolute Gasteiger partial charge is 0.283 e. The first kappa shape index (κ1) is 15.7. The Bertz CT molecular complexity index is 453. The molecule has 0 amide bonds. The molecule has 0 bridgehead atoms. The molecule has 1 aromatic rings. The molecule has 0 heterocycles. The molecule has 112 valence electrons. The van der Waals surface area contributed by atoms with E-state index in [9.17, 15) is 4.21 Å². The Balaban J connectivity index is 2.05. The van der Waals surface area contributed by atoms with Crippen LogP contribution in [-0.4, -0.2) is 10.3 Å². The lowest BCUT2D eigenvalue weighted by Gasteiger charge is -2.36. The second kappa shape index (κ2) is 6.86. The molecule has 3 heteroatoms. The lowest BCUT2D eigenvalue weighted by atomic mass is 9.75. The summed E-state index contributed by atoms with van der Waals surface area (Å²) in [5.74, 6) is 1.79. The van der Waals surface area contributed by atoms with Crippen LogP contribution < -0.4 is 0 Å². The monoisotopic (exact) mass is 294 g/mol. The summed E-state index contributed by atoms with van der Waals surface area (Å²) in [4.78, 5) is 0.774. The molecule has 4 atom stereocenters. The molecule has 1 fully saturated rings. The van der Waals surface area contributed by atoms with Gasteiger partial charge in [-0.15, -0.1) is 0 Å². The van der Waals surface area contributed by atoms with E-state index in [2.05, 4.69) is 20.8 Å². The summed E-state index contributed by atoms with van der Waals surface area (Å²) in [6, 6.07) is 7.78. The van der Waals surface area contributed by atoms with Crippen LogP contribution in [0.2, 0.25) is 0 Å². The van der Waals surface area contributed by atoms with E-state index in [0.29, 0.717) is 17.8 Å². The zero-order chi connectivity index (χ0) is 14.7. The molecule has 0 spiro atoms. The molecule has 2 rings (SSSR count). The van der Waals surface area contributed by atoms with Gasteiger partial charge in [0.05, 0.1) is 11.0 Å². The molecule has 1 aliphatic rings. The van der Waals surface area contributed by atoms with Crippen LogP contribution in [0.15, 0.2) is 29.2 Å². The van der Waals surface area contributed by atoms with Crippen LogP contribution in [0.25, 0.3) is 0 Å². The van der Waals surface area contributed by atoms with E-state index < -0.39 is 11.1 Å². The van der Waals surface area contributed by atoms with Crippen LogP contribution in [0, 0.1) is 24.7 Å². The molecule has 3 unspecified atom stereocenters. The summed E-state index contributed by atoms with van der Waals surface area (Å²) in [5.41, 5.74) is 1.18. The Morgan fingerprint density at radius 1 is 1.20 bits per heavy atom. The van der Waals surface area contributed by atoms with Crippen molar-refractivity contribution in [1.82, 2.24) is 0 Å². The van der Waals surface area contributed by atoms with E-state index >= 15 is 0 Å². The third-order valence-electron chi connectivity index (χ3n) is 4.39. The predicted octanol–water partition coefficient (Wildman–Crippen LogP) is 4.50. The lowest BCUT2D eigenvalue weighted by Crippen LogP contribution is -2.34. The van der Waals surface area contributed by atoms with Gasteiger partial charge in [-0.1, -0.05) is 44.9 Å². The molecule has 1 aliphatic carbocycles. The van der Waals surface area contributed by atoms with E-state index in [1.165, 1.54) is 18.4 Å². The van der Waals surface area contributed by atoms with E-state index in [-0.39, 0.29) is 6.10 Å². The predicted molar refractivity (Wildman–Crippen MR) is 83.8 cm³/mol. The molecular formula is C17H26O2S. The quantitative estimate of drug-likeness (QED) is 0.817. The topological polar surface area (TPSA) is 26.3 Å². The normalized spacial score (nSPS) is 28.6. The number of hydrogen-bond donors (Lipinski definition) is 0. The Kier molecular flexibility index (Phi) is 5.39. The molecule has 1 saturated carbocycles. The Morgan fingerprint density at radius 2 is 1.85 bits per heavy atom. The number of rotatable bonds is 4. The van der Waals surface area contributed by atoms with Crippen molar-refractivity contribution in [2.75, 3.05) is 0 Å². The zero-order valence-corrected chi connectivity index (χ0v) is 13.8. The first-order valence-corrected chi connectivity index (χ1v) is 8.70. The van der Waals surface area contributed by atoms with Crippen LogP contribution in [0.3, 0.4) is 0 Å². The van der Waals surface area contributed by atoms with Crippen LogP contribution >= 0.6 is 0 Å². The van der Waals surface area contributed by atoms with Gasteiger partial charge in [0.1, 0.15) is 0 Å². The Morgan fingerprint density at radius 3 is 2.45 bits per heavy atom. The fraction of sp³-hybridized carbons (Fsp3) is 0.647. The molecule has 0 aliphatic heterocycles. The summed E-state index contributed by atoms with van der Waals surface area (Å²) in [5, 5.41) is 0. The number of aryl methyl sites for hydroxylation is 1. The summed E-state index contributed by atoms with van der Waals surface area (Å²) in [6.45, 7) is 8.78. The second-order valence-corrected chi connectivity index (χ2v) is 7.64. The van der Waals surface area contributed by atoms with Crippen molar-refractivity contribution in [3.8, 4) is 0 Å². The van der Waals surface area contributed by atoms with Gasteiger partial charge in [0, 0.05) is 0 Å². The third-order valence-corrected chi connectivity index (χ3v) is 5.46. The van der Waals surface area contributed by atoms with Gasteiger partial charge in [-0.05, 0) is 49.7 Å². The summed E-state index contributed by atoms with van der Waals surface area (Å²) in [7, 11) is 0. The van der Waals surface area contributed by atoms with Crippen LogP contribution in [0.4, 0.5) is 0 Å². The average molecular weight is 294 g/mol. The van der Waals surface area contributed by atoms with Crippen molar-refractivity contribution in [2.45, 2.75) is 58.0 Å². The van der Waals surface area contributed by atoms with Crippen molar-refractivity contribution in [3.05, 3.63) is 29.8 Å². The van der Waals surface area contributed by atoms with E-state index in [1.807, 2.05) is 31.2 Å². The molecular weight excluding hydrogens is 268 g/mol. The molecule has 20 heavy (non-hydrogen) atoms. The first-order chi connectivity index (χ1) is 9.47. The SMILES string of the molecule is Cc1ccc(S(=O)OC2C[C@H](C)CCC2C(C)C)cc1. The van der Waals surface area contributed by atoms with Crippen LogP contribution in [0.5, 0.6) is 0 Å². The highest BCUT2D eigenvalue weighted by atomic mass is 32.2. The van der Waals surface area contributed by atoms with Gasteiger partial charge in [0.2, 0.25) is 0 Å². The van der Waals surface area contributed by atoms with Crippen molar-refractivity contribution >= 4 is 11.1 Å². The summed E-state index contributed by atoms with van der Waals surface area (Å²) >= 11 is -1.34. The molecule has 1 aromatic carbocycles. The minimum Gasteiger partial charge on any atom is -0.283 e. The Hall–Kier alpha value is -0.670. The maximum Gasteiger partial charge on any atom is 0.189 e. The lowest BCUT2D eigenvalue weighted by molar-refractivity contribution is 0.0567. The minimum atomic E-state index is -1.34. The minimum absolute atomic E-state index is 0.126. The maximum absolute atomic E-state index is 12.4. The maximum atomic E-state index is 12.4. The molecule has 0 aromatic heterocycles. The van der Waals surface area contributed by atoms with Crippen molar-refractivity contribution in [1.29, 1.82) is 0 Å². The average Bonchev–Trinajstić information content (AvgIpc) is 2.39. The Labute approximate surface area is 125 Å². The summed E-state index contributed by atoms with van der Waals surface area (Å²) < 4.78 is 18.3. The second-order valence-electron chi connectivity index (χ2n) is 6.51. The van der Waals surface area contributed by atoms with Gasteiger partial charge in [0.15, 0.2) is 11.1 Å². The smallest absolute Gasteiger partial charge is 0.189 e. The zero-order valence-electron chi connectivity index (χ0n) is 13.0. The number of benzene rings is 1. The van der Waals surface area contributed by atoms with Crippen LogP contribution in [-0.2, 0) is 15.3 Å². The molecule has 0 radical (unpaired) electrons. The van der Waals surface area contributed by atoms with E-state index in [0.717, 1.165) is 11.3 Å². The highest BCUT2D eigenvalue weighted by Gasteiger charge is 2.33. The van der Waals surface area contributed by atoms with Gasteiger partial charge in [-0.3, -0.25) is 4.18 Å². The third kappa shape index (κ3) is 3.92. The number of hydrogen-bond acceptors (Lipinski definition) is 2. The fourth-order valence-corrected chi connectivity index (χ4v) is 3.96. The van der Waals surface area contributed by atoms with Crippen LogP contribution in [0.1, 0.15) is 45.6 Å². The van der Waals surface area contributed by atoms with Crippen molar-refractivity contribution in [2.24, 2.45) is 17.8 Å². The van der Waals surface area contributed by atoms with Gasteiger partial charge in [-0.25, -0.2) is 4.21 Å². The van der Waals surface area contributed by atoms with Gasteiger partial charge >= 0.3 is 0 Å². The first-order valence-electron chi connectivity index (χ1n) is 7.63. The van der Waals surface area contributed by atoms with Gasteiger partial charge < -0.3 is 0 Å². The standard InChI is InChI=1S/C17H26O2S/c1-12(2)16-10-7-14(4)11-17(16)19-20(18)15-8-5-13(3)6-9-15/h5-6,8-9,12,14,16-17H,7,10-11H2,1-4H3/t14-,16?,17?,20?/m1/s1. The van der Waals surface area contributed by atoms with Crippen molar-refractivity contribution < 1.29 is 8.39 Å². The van der Waals surface area contributed by atoms with E-state index in [4.69, 9.17) is 4.18 Å². The fourth-order valence-electron chi connectivity index (χ4n) is 3.04. The van der Waals surface area contributed by atoms with Crippen molar-refractivity contribution in [3.63, 3.8) is 0 Å². The highest BCUT2D eigenvalue weighted by Crippen LogP contribution is 2.36. The van der Waals surface area contributed by atoms with E-state index in [1.54, 1.807) is 0 Å².